The Morgan fingerprint density at radius 2 is 1.80 bits per heavy atom. The van der Waals surface area contributed by atoms with E-state index in [1.165, 1.54) is 42.0 Å². The molecular formula is C21H21NO6S2. The second kappa shape index (κ2) is 9.19. The zero-order valence-electron chi connectivity index (χ0n) is 16.4. The summed E-state index contributed by atoms with van der Waals surface area (Å²) >= 11 is 1.45. The zero-order chi connectivity index (χ0) is 21.7. The van der Waals surface area contributed by atoms with Crippen LogP contribution in [0, 0.1) is 0 Å². The van der Waals surface area contributed by atoms with Gasteiger partial charge in [0, 0.05) is 4.88 Å². The molecule has 1 heterocycles. The van der Waals surface area contributed by atoms with Crippen molar-refractivity contribution in [1.82, 2.24) is 0 Å². The first-order valence-electron chi connectivity index (χ1n) is 8.93. The molecule has 9 heteroatoms. The molecule has 0 aliphatic rings. The van der Waals surface area contributed by atoms with E-state index in [0.29, 0.717) is 17.0 Å². The molecule has 0 bridgehead atoms. The molecule has 0 amide bonds. The fraction of sp³-hybridized carbons (Fsp3) is 0.190. The number of hydrogen-bond donors (Lipinski definition) is 1. The van der Waals surface area contributed by atoms with Gasteiger partial charge in [-0.05, 0) is 53.4 Å². The van der Waals surface area contributed by atoms with E-state index in [4.69, 9.17) is 14.6 Å². The molecule has 2 aromatic carbocycles. The number of anilines is 1. The van der Waals surface area contributed by atoms with Crippen LogP contribution in [0.5, 0.6) is 11.5 Å². The highest BCUT2D eigenvalue weighted by Gasteiger charge is 2.29. The second-order valence-corrected chi connectivity index (χ2v) is 9.21. The van der Waals surface area contributed by atoms with Gasteiger partial charge in [0.2, 0.25) is 0 Å². The molecular weight excluding hydrogens is 426 g/mol. The lowest BCUT2D eigenvalue weighted by molar-refractivity contribution is -0.136. The SMILES string of the molecule is COc1ccc(N(Cc2cccs2)S(=O)(=O)c2cc(CC(=O)O)ccc2OC)cc1. The number of sulfonamides is 1. The molecule has 1 aromatic heterocycles. The van der Waals surface area contributed by atoms with Crippen LogP contribution in [0.15, 0.2) is 64.9 Å². The average Bonchev–Trinajstić information content (AvgIpc) is 3.25. The largest absolute Gasteiger partial charge is 0.497 e. The first-order chi connectivity index (χ1) is 14.3. The summed E-state index contributed by atoms with van der Waals surface area (Å²) in [6, 6.07) is 14.8. The highest BCUT2D eigenvalue weighted by atomic mass is 32.2. The predicted octanol–water partition coefficient (Wildman–Crippen LogP) is 3.79. The highest BCUT2D eigenvalue weighted by molar-refractivity contribution is 7.93. The summed E-state index contributed by atoms with van der Waals surface area (Å²) in [5, 5.41) is 11.0. The van der Waals surface area contributed by atoms with Crippen LogP contribution in [0.25, 0.3) is 0 Å². The molecule has 3 aromatic rings. The molecule has 7 nitrogen and oxygen atoms in total. The molecule has 3 rings (SSSR count). The standard InChI is InChI=1S/C21H21NO6S2/c1-27-17-8-6-16(7-9-17)22(14-18-4-3-11-29-18)30(25,26)20-12-15(13-21(23)24)5-10-19(20)28-2/h3-12H,13-14H2,1-2H3,(H,23,24). The molecule has 0 aliphatic carbocycles. The topological polar surface area (TPSA) is 93.1 Å². The summed E-state index contributed by atoms with van der Waals surface area (Å²) in [5.74, 6) is -0.295. The fourth-order valence-corrected chi connectivity index (χ4v) is 5.36. The third-order valence-electron chi connectivity index (χ3n) is 4.39. The van der Waals surface area contributed by atoms with Gasteiger partial charge in [0.05, 0.1) is 32.9 Å². The molecule has 0 spiro atoms. The van der Waals surface area contributed by atoms with E-state index >= 15 is 0 Å². The number of carboxylic acid groups (broad SMARTS) is 1. The molecule has 0 saturated carbocycles. The Labute approximate surface area is 179 Å². The lowest BCUT2D eigenvalue weighted by Gasteiger charge is -2.25. The van der Waals surface area contributed by atoms with Gasteiger partial charge in [0.25, 0.3) is 10.0 Å². The number of ether oxygens (including phenoxy) is 2. The lowest BCUT2D eigenvalue weighted by atomic mass is 10.1. The van der Waals surface area contributed by atoms with E-state index in [1.54, 1.807) is 30.3 Å². The van der Waals surface area contributed by atoms with E-state index in [0.717, 1.165) is 4.88 Å². The first-order valence-corrected chi connectivity index (χ1v) is 11.2. The normalized spacial score (nSPS) is 11.1. The number of carboxylic acids is 1. The Hall–Kier alpha value is -3.04. The summed E-state index contributed by atoms with van der Waals surface area (Å²) in [6.45, 7) is 0.124. The maximum absolute atomic E-state index is 13.7. The minimum atomic E-state index is -4.07. The lowest BCUT2D eigenvalue weighted by Crippen LogP contribution is -2.30. The van der Waals surface area contributed by atoms with Gasteiger partial charge in [-0.25, -0.2) is 8.42 Å². The quantitative estimate of drug-likeness (QED) is 0.537. The summed E-state index contributed by atoms with van der Waals surface area (Å²) in [6.07, 6.45) is -0.292. The molecule has 158 valence electrons. The zero-order valence-corrected chi connectivity index (χ0v) is 18.1. The third kappa shape index (κ3) is 4.74. The van der Waals surface area contributed by atoms with Crippen LogP contribution in [0.2, 0.25) is 0 Å². The van der Waals surface area contributed by atoms with Crippen LogP contribution >= 0.6 is 11.3 Å². The third-order valence-corrected chi connectivity index (χ3v) is 7.05. The average molecular weight is 448 g/mol. The van der Waals surface area contributed by atoms with Crippen molar-refractivity contribution in [3.63, 3.8) is 0 Å². The van der Waals surface area contributed by atoms with Crippen LogP contribution in [-0.2, 0) is 27.8 Å². The van der Waals surface area contributed by atoms with Crippen LogP contribution in [0.1, 0.15) is 10.4 Å². The number of nitrogens with zero attached hydrogens (tertiary/aromatic N) is 1. The number of benzene rings is 2. The number of hydrogen-bond acceptors (Lipinski definition) is 6. The van der Waals surface area contributed by atoms with E-state index in [9.17, 15) is 13.2 Å². The molecule has 0 fully saturated rings. The first kappa shape index (κ1) is 21.7. The van der Waals surface area contributed by atoms with Crippen LogP contribution < -0.4 is 13.8 Å². The smallest absolute Gasteiger partial charge is 0.307 e. The van der Waals surface area contributed by atoms with E-state index in [2.05, 4.69) is 0 Å². The number of thiophene rings is 1. The van der Waals surface area contributed by atoms with Crippen molar-refractivity contribution in [2.24, 2.45) is 0 Å². The van der Waals surface area contributed by atoms with Gasteiger partial charge < -0.3 is 14.6 Å². The molecule has 0 unspecified atom stereocenters. The van der Waals surface area contributed by atoms with Gasteiger partial charge in [-0.1, -0.05) is 12.1 Å². The number of methoxy groups -OCH3 is 2. The maximum atomic E-state index is 13.7. The minimum absolute atomic E-state index is 0.0869. The summed E-state index contributed by atoms with van der Waals surface area (Å²) in [7, 11) is -1.16. The van der Waals surface area contributed by atoms with E-state index in [1.807, 2.05) is 17.5 Å². The van der Waals surface area contributed by atoms with Gasteiger partial charge >= 0.3 is 5.97 Å². The van der Waals surface area contributed by atoms with Gasteiger partial charge in [0.15, 0.2) is 0 Å². The van der Waals surface area contributed by atoms with Crippen LogP contribution in [0.3, 0.4) is 0 Å². The summed E-state index contributed by atoms with van der Waals surface area (Å²) in [5.41, 5.74) is 0.822. The number of rotatable bonds is 9. The highest BCUT2D eigenvalue weighted by Crippen LogP contribution is 2.33. The number of aliphatic carboxylic acids is 1. The number of carbonyl (C=O) groups is 1. The Morgan fingerprint density at radius 3 is 2.37 bits per heavy atom. The Morgan fingerprint density at radius 1 is 1.07 bits per heavy atom. The van der Waals surface area contributed by atoms with Crippen molar-refractivity contribution in [2.45, 2.75) is 17.9 Å². The Bertz CT molecular complexity index is 1110. The molecule has 0 atom stereocenters. The summed E-state index contributed by atoms with van der Waals surface area (Å²) < 4.78 is 39.1. The maximum Gasteiger partial charge on any atom is 0.307 e. The Kier molecular flexibility index (Phi) is 6.63. The molecule has 0 aliphatic heterocycles. The van der Waals surface area contributed by atoms with Gasteiger partial charge in [0.1, 0.15) is 16.4 Å². The minimum Gasteiger partial charge on any atom is -0.497 e. The molecule has 0 radical (unpaired) electrons. The molecule has 0 saturated heterocycles. The van der Waals surface area contributed by atoms with Gasteiger partial charge in [-0.2, -0.15) is 0 Å². The van der Waals surface area contributed by atoms with Crippen molar-refractivity contribution >= 4 is 33.0 Å². The van der Waals surface area contributed by atoms with E-state index < -0.39 is 16.0 Å². The van der Waals surface area contributed by atoms with Gasteiger partial charge in [-0.3, -0.25) is 9.10 Å². The summed E-state index contributed by atoms with van der Waals surface area (Å²) in [4.78, 5) is 11.9. The molecule has 1 N–H and O–H groups in total. The second-order valence-electron chi connectivity index (χ2n) is 6.34. The van der Waals surface area contributed by atoms with Crippen molar-refractivity contribution in [1.29, 1.82) is 0 Å². The van der Waals surface area contributed by atoms with Gasteiger partial charge in [-0.15, -0.1) is 11.3 Å². The van der Waals surface area contributed by atoms with E-state index in [-0.39, 0.29) is 23.6 Å². The predicted molar refractivity (Wildman–Crippen MR) is 115 cm³/mol. The monoisotopic (exact) mass is 447 g/mol. The van der Waals surface area contributed by atoms with Crippen LogP contribution in [0.4, 0.5) is 5.69 Å². The Balaban J connectivity index is 2.12. The van der Waals surface area contributed by atoms with Crippen molar-refractivity contribution in [2.75, 3.05) is 18.5 Å². The van der Waals surface area contributed by atoms with Crippen molar-refractivity contribution in [3.05, 3.63) is 70.4 Å². The molecule has 30 heavy (non-hydrogen) atoms. The van der Waals surface area contributed by atoms with Crippen LogP contribution in [-0.4, -0.2) is 33.7 Å². The van der Waals surface area contributed by atoms with Crippen molar-refractivity contribution in [3.8, 4) is 11.5 Å². The van der Waals surface area contributed by atoms with Crippen molar-refractivity contribution < 1.29 is 27.8 Å². The fourth-order valence-electron chi connectivity index (χ4n) is 2.93.